The van der Waals surface area contributed by atoms with Crippen LogP contribution >= 0.6 is 22.9 Å². The molecule has 23 heavy (non-hydrogen) atoms. The van der Waals surface area contributed by atoms with Gasteiger partial charge in [0.1, 0.15) is 0 Å². The van der Waals surface area contributed by atoms with Crippen molar-refractivity contribution in [2.45, 2.75) is 25.8 Å². The summed E-state index contributed by atoms with van der Waals surface area (Å²) in [5.41, 5.74) is 1.17. The molecule has 1 fully saturated rings. The first-order valence-electron chi connectivity index (χ1n) is 7.83. The van der Waals surface area contributed by atoms with Crippen LogP contribution in [0.5, 0.6) is 0 Å². The van der Waals surface area contributed by atoms with Gasteiger partial charge in [-0.1, -0.05) is 23.7 Å². The molecule has 2 heterocycles. The van der Waals surface area contributed by atoms with E-state index >= 15 is 0 Å². The number of hydrogen-bond donors (Lipinski definition) is 1. The Kier molecular flexibility index (Phi) is 5.05. The number of aryl methyl sites for hydroxylation is 1. The highest BCUT2D eigenvalue weighted by Gasteiger charge is 2.30. The smallest absolute Gasteiger partial charge is 0.306 e. The number of likely N-dealkylation sites (tertiary alicyclic amines) is 1. The van der Waals surface area contributed by atoms with E-state index in [0.29, 0.717) is 12.8 Å². The molecule has 3 rings (SSSR count). The Labute approximate surface area is 145 Å². The second kappa shape index (κ2) is 7.04. The highest BCUT2D eigenvalue weighted by Crippen LogP contribution is 2.36. The number of piperidine rings is 1. The van der Waals surface area contributed by atoms with Gasteiger partial charge in [0.05, 0.1) is 12.0 Å². The molecule has 1 N–H and O–H groups in total. The first kappa shape index (κ1) is 16.5. The molecule has 1 aliphatic rings. The normalized spacial score (nSPS) is 18.0. The average molecular weight is 350 g/mol. The van der Waals surface area contributed by atoms with Crippen molar-refractivity contribution in [3.05, 3.63) is 56.7 Å². The lowest BCUT2D eigenvalue weighted by Gasteiger charge is -2.36. The average Bonchev–Trinajstić information content (AvgIpc) is 2.94. The van der Waals surface area contributed by atoms with Crippen LogP contribution in [0.4, 0.5) is 0 Å². The molecule has 1 saturated heterocycles. The van der Waals surface area contributed by atoms with Gasteiger partial charge in [0.2, 0.25) is 0 Å². The lowest BCUT2D eigenvalue weighted by atomic mass is 9.94. The Bertz CT molecular complexity index is 692. The Hall–Kier alpha value is -1.36. The van der Waals surface area contributed by atoms with Gasteiger partial charge in [-0.15, -0.1) is 11.3 Å². The third kappa shape index (κ3) is 3.77. The third-order valence-electron chi connectivity index (χ3n) is 4.44. The quantitative estimate of drug-likeness (QED) is 0.877. The molecule has 1 aliphatic heterocycles. The number of nitrogens with zero attached hydrogens (tertiary/aromatic N) is 1. The van der Waals surface area contributed by atoms with Crippen molar-refractivity contribution in [3.63, 3.8) is 0 Å². The SMILES string of the molecule is Cc1ccc(C(c2cccc(Cl)c2)N2CCC(C(=O)O)CC2)s1. The summed E-state index contributed by atoms with van der Waals surface area (Å²) in [7, 11) is 0. The van der Waals surface area contributed by atoms with Crippen molar-refractivity contribution >= 4 is 28.9 Å². The van der Waals surface area contributed by atoms with Crippen LogP contribution in [-0.2, 0) is 4.79 Å². The Balaban J connectivity index is 1.89. The monoisotopic (exact) mass is 349 g/mol. The van der Waals surface area contributed by atoms with E-state index in [4.69, 9.17) is 11.6 Å². The summed E-state index contributed by atoms with van der Waals surface area (Å²) >= 11 is 7.99. The van der Waals surface area contributed by atoms with E-state index in [0.717, 1.165) is 18.1 Å². The van der Waals surface area contributed by atoms with Crippen molar-refractivity contribution in [1.82, 2.24) is 4.90 Å². The molecular formula is C18H20ClNO2S. The van der Waals surface area contributed by atoms with Gasteiger partial charge in [-0.25, -0.2) is 0 Å². The van der Waals surface area contributed by atoms with Crippen molar-refractivity contribution in [3.8, 4) is 0 Å². The van der Waals surface area contributed by atoms with Crippen LogP contribution in [0.15, 0.2) is 36.4 Å². The first-order valence-corrected chi connectivity index (χ1v) is 9.02. The third-order valence-corrected chi connectivity index (χ3v) is 5.73. The molecule has 2 aromatic rings. The molecule has 122 valence electrons. The standard InChI is InChI=1S/C18H20ClNO2S/c1-12-5-6-16(23-12)17(14-3-2-4-15(19)11-14)20-9-7-13(8-10-20)18(21)22/h2-6,11,13,17H,7-10H2,1H3,(H,21,22). The van der Waals surface area contributed by atoms with Gasteiger partial charge in [0, 0.05) is 14.8 Å². The molecule has 0 aliphatic carbocycles. The minimum Gasteiger partial charge on any atom is -0.481 e. The van der Waals surface area contributed by atoms with E-state index < -0.39 is 5.97 Å². The van der Waals surface area contributed by atoms with E-state index in [-0.39, 0.29) is 12.0 Å². The van der Waals surface area contributed by atoms with Gasteiger partial charge >= 0.3 is 5.97 Å². The predicted octanol–water partition coefficient (Wildman–Crippen LogP) is 4.60. The summed E-state index contributed by atoms with van der Waals surface area (Å²) in [5, 5.41) is 9.94. The first-order chi connectivity index (χ1) is 11.0. The number of benzene rings is 1. The number of carboxylic acid groups (broad SMARTS) is 1. The van der Waals surface area contributed by atoms with Crippen LogP contribution in [0.3, 0.4) is 0 Å². The van der Waals surface area contributed by atoms with Crippen LogP contribution in [0.25, 0.3) is 0 Å². The molecule has 5 heteroatoms. The fraction of sp³-hybridized carbons (Fsp3) is 0.389. The largest absolute Gasteiger partial charge is 0.481 e. The zero-order valence-corrected chi connectivity index (χ0v) is 14.6. The van der Waals surface area contributed by atoms with E-state index in [9.17, 15) is 9.90 Å². The fourth-order valence-electron chi connectivity index (χ4n) is 3.24. The minimum atomic E-state index is -0.670. The molecule has 3 nitrogen and oxygen atoms in total. The van der Waals surface area contributed by atoms with Gasteiger partial charge < -0.3 is 5.11 Å². The number of aliphatic carboxylic acids is 1. The zero-order valence-electron chi connectivity index (χ0n) is 13.0. The van der Waals surface area contributed by atoms with Crippen LogP contribution in [0, 0.1) is 12.8 Å². The van der Waals surface area contributed by atoms with Crippen LogP contribution in [0.2, 0.25) is 5.02 Å². The highest BCUT2D eigenvalue weighted by atomic mass is 35.5. The Morgan fingerprint density at radius 3 is 2.61 bits per heavy atom. The maximum atomic E-state index is 11.2. The highest BCUT2D eigenvalue weighted by molar-refractivity contribution is 7.12. The van der Waals surface area contributed by atoms with E-state index in [2.05, 4.69) is 30.0 Å². The summed E-state index contributed by atoms with van der Waals surface area (Å²) < 4.78 is 0. The molecule has 1 unspecified atom stereocenters. The Morgan fingerprint density at radius 2 is 2.04 bits per heavy atom. The molecule has 1 atom stereocenters. The summed E-state index contributed by atoms with van der Waals surface area (Å²) in [6, 6.07) is 12.5. The zero-order chi connectivity index (χ0) is 16.4. The number of carboxylic acids is 1. The molecule has 1 aromatic heterocycles. The maximum Gasteiger partial charge on any atom is 0.306 e. The number of halogens is 1. The lowest BCUT2D eigenvalue weighted by Crippen LogP contribution is -2.39. The van der Waals surface area contributed by atoms with Crippen LogP contribution in [0.1, 0.15) is 34.2 Å². The van der Waals surface area contributed by atoms with Gasteiger partial charge in [-0.05, 0) is 62.7 Å². The van der Waals surface area contributed by atoms with E-state index in [1.54, 1.807) is 11.3 Å². The second-order valence-corrected chi connectivity index (χ2v) is 7.81. The minimum absolute atomic E-state index is 0.155. The lowest BCUT2D eigenvalue weighted by molar-refractivity contribution is -0.143. The molecular weight excluding hydrogens is 330 g/mol. The van der Waals surface area contributed by atoms with E-state index in [1.165, 1.54) is 15.3 Å². The summed E-state index contributed by atoms with van der Waals surface area (Å²) in [5.74, 6) is -0.882. The second-order valence-electron chi connectivity index (χ2n) is 6.05. The number of thiophene rings is 1. The summed E-state index contributed by atoms with van der Waals surface area (Å²) in [4.78, 5) is 16.1. The fourth-order valence-corrected chi connectivity index (χ4v) is 4.48. The molecule has 0 spiro atoms. The molecule has 1 aromatic carbocycles. The van der Waals surface area contributed by atoms with Crippen molar-refractivity contribution < 1.29 is 9.90 Å². The number of rotatable bonds is 4. The van der Waals surface area contributed by atoms with Crippen molar-refractivity contribution in [1.29, 1.82) is 0 Å². The van der Waals surface area contributed by atoms with Gasteiger partial charge in [0.25, 0.3) is 0 Å². The van der Waals surface area contributed by atoms with Crippen LogP contribution in [-0.4, -0.2) is 29.1 Å². The maximum absolute atomic E-state index is 11.2. The summed E-state index contributed by atoms with van der Waals surface area (Å²) in [6.07, 6.45) is 1.41. The van der Waals surface area contributed by atoms with Gasteiger partial charge in [-0.3, -0.25) is 9.69 Å². The molecule has 0 radical (unpaired) electrons. The number of hydrogen-bond acceptors (Lipinski definition) is 3. The summed E-state index contributed by atoms with van der Waals surface area (Å²) in [6.45, 7) is 3.70. The molecule has 0 saturated carbocycles. The predicted molar refractivity (Wildman–Crippen MR) is 94.3 cm³/mol. The van der Waals surface area contributed by atoms with Crippen molar-refractivity contribution in [2.75, 3.05) is 13.1 Å². The molecule has 0 bridgehead atoms. The van der Waals surface area contributed by atoms with E-state index in [1.807, 2.05) is 18.2 Å². The van der Waals surface area contributed by atoms with Crippen molar-refractivity contribution in [2.24, 2.45) is 5.92 Å². The molecule has 0 amide bonds. The topological polar surface area (TPSA) is 40.5 Å². The van der Waals surface area contributed by atoms with Crippen LogP contribution < -0.4 is 0 Å². The van der Waals surface area contributed by atoms with Gasteiger partial charge in [-0.2, -0.15) is 0 Å². The Morgan fingerprint density at radius 1 is 1.30 bits per heavy atom. The number of carbonyl (C=O) groups is 1. The van der Waals surface area contributed by atoms with Gasteiger partial charge in [0.15, 0.2) is 0 Å².